The first-order chi connectivity index (χ1) is 7.35. The maximum atomic E-state index is 9.18. The molecule has 1 aromatic carbocycles. The molecule has 0 bridgehead atoms. The minimum Gasteiger partial charge on any atom is -0.395 e. The molecule has 0 spiro atoms. The van der Waals surface area contributed by atoms with Gasteiger partial charge >= 0.3 is 0 Å². The van der Waals surface area contributed by atoms with Crippen molar-refractivity contribution in [3.63, 3.8) is 0 Å². The van der Waals surface area contributed by atoms with E-state index in [0.717, 1.165) is 19.5 Å². The topological polar surface area (TPSA) is 23.5 Å². The summed E-state index contributed by atoms with van der Waals surface area (Å²) in [4.78, 5) is 2.37. The highest BCUT2D eigenvalue weighted by atomic mass is 16.3. The summed E-state index contributed by atoms with van der Waals surface area (Å²) in [6.07, 6.45) is 1.04. The lowest BCUT2D eigenvalue weighted by Gasteiger charge is -2.44. The maximum absolute atomic E-state index is 9.18. The Morgan fingerprint density at radius 2 is 2.00 bits per heavy atom. The van der Waals surface area contributed by atoms with Crippen molar-refractivity contribution in [3.8, 4) is 0 Å². The summed E-state index contributed by atoms with van der Waals surface area (Å²) in [5, 5.41) is 9.18. The van der Waals surface area contributed by atoms with Crippen molar-refractivity contribution in [2.45, 2.75) is 25.3 Å². The Balaban J connectivity index is 1.88. The van der Waals surface area contributed by atoms with Crippen LogP contribution in [0.1, 0.15) is 24.8 Å². The predicted molar refractivity (Wildman–Crippen MR) is 61.9 cm³/mol. The van der Waals surface area contributed by atoms with Crippen molar-refractivity contribution in [2.24, 2.45) is 0 Å². The first kappa shape index (κ1) is 10.7. The standard InChI is InChI=1S/C13H19NO/c1-2-13(10-15)14-8-12(9-14)11-6-4-3-5-7-11/h3-7,12-13,15H,2,8-10H2,1H3/t13-/m1/s1. The number of aliphatic hydroxyl groups is 1. The first-order valence-electron chi connectivity index (χ1n) is 5.75. The fraction of sp³-hybridized carbons (Fsp3) is 0.538. The smallest absolute Gasteiger partial charge is 0.0586 e. The molecule has 1 saturated heterocycles. The summed E-state index contributed by atoms with van der Waals surface area (Å²) in [6, 6.07) is 11.0. The van der Waals surface area contributed by atoms with E-state index in [0.29, 0.717) is 12.0 Å². The van der Waals surface area contributed by atoms with E-state index < -0.39 is 0 Å². The van der Waals surface area contributed by atoms with Crippen molar-refractivity contribution in [3.05, 3.63) is 35.9 Å². The zero-order valence-electron chi connectivity index (χ0n) is 9.26. The molecule has 0 amide bonds. The van der Waals surface area contributed by atoms with Gasteiger partial charge in [0.15, 0.2) is 0 Å². The fourth-order valence-corrected chi connectivity index (χ4v) is 2.25. The fourth-order valence-electron chi connectivity index (χ4n) is 2.25. The number of likely N-dealkylation sites (tertiary alicyclic amines) is 1. The monoisotopic (exact) mass is 205 g/mol. The normalized spacial score (nSPS) is 19.9. The van der Waals surface area contributed by atoms with E-state index >= 15 is 0 Å². The van der Waals surface area contributed by atoms with E-state index in [-0.39, 0.29) is 6.61 Å². The maximum Gasteiger partial charge on any atom is 0.0586 e. The van der Waals surface area contributed by atoms with Gasteiger partial charge in [0.05, 0.1) is 6.61 Å². The summed E-state index contributed by atoms with van der Waals surface area (Å²) in [5.41, 5.74) is 1.43. The molecular formula is C13H19NO. The molecule has 1 fully saturated rings. The summed E-state index contributed by atoms with van der Waals surface area (Å²) in [6.45, 7) is 4.63. The van der Waals surface area contributed by atoms with Crippen LogP contribution in [0.5, 0.6) is 0 Å². The molecule has 1 aromatic rings. The Hall–Kier alpha value is -0.860. The summed E-state index contributed by atoms with van der Waals surface area (Å²) < 4.78 is 0. The van der Waals surface area contributed by atoms with Gasteiger partial charge in [0, 0.05) is 25.0 Å². The lowest BCUT2D eigenvalue weighted by Crippen LogP contribution is -2.51. The number of benzene rings is 1. The Morgan fingerprint density at radius 1 is 1.33 bits per heavy atom. The van der Waals surface area contributed by atoms with E-state index in [4.69, 9.17) is 0 Å². The van der Waals surface area contributed by atoms with E-state index in [2.05, 4.69) is 42.2 Å². The van der Waals surface area contributed by atoms with E-state index in [1.165, 1.54) is 5.56 Å². The van der Waals surface area contributed by atoms with Gasteiger partial charge in [-0.2, -0.15) is 0 Å². The van der Waals surface area contributed by atoms with Crippen LogP contribution in [0.15, 0.2) is 30.3 Å². The summed E-state index contributed by atoms with van der Waals surface area (Å²) in [5.74, 6) is 0.673. The van der Waals surface area contributed by atoms with Gasteiger partial charge in [-0.15, -0.1) is 0 Å². The molecule has 1 N–H and O–H groups in total. The Bertz CT molecular complexity index is 289. The Labute approximate surface area is 91.5 Å². The summed E-state index contributed by atoms with van der Waals surface area (Å²) in [7, 11) is 0. The van der Waals surface area contributed by atoms with Crippen molar-refractivity contribution in [1.82, 2.24) is 4.90 Å². The average Bonchev–Trinajstić information content (AvgIpc) is 2.24. The van der Waals surface area contributed by atoms with Crippen LogP contribution in [0, 0.1) is 0 Å². The molecule has 15 heavy (non-hydrogen) atoms. The second-order valence-corrected chi connectivity index (χ2v) is 4.31. The largest absolute Gasteiger partial charge is 0.395 e. The van der Waals surface area contributed by atoms with Gasteiger partial charge in [-0.05, 0) is 12.0 Å². The van der Waals surface area contributed by atoms with Gasteiger partial charge in [-0.1, -0.05) is 37.3 Å². The number of hydrogen-bond acceptors (Lipinski definition) is 2. The predicted octanol–water partition coefficient (Wildman–Crippen LogP) is 1.86. The molecule has 0 unspecified atom stereocenters. The van der Waals surface area contributed by atoms with Crippen molar-refractivity contribution in [2.75, 3.05) is 19.7 Å². The molecule has 1 heterocycles. The van der Waals surface area contributed by atoms with Crippen LogP contribution in [0.4, 0.5) is 0 Å². The molecule has 0 saturated carbocycles. The lowest BCUT2D eigenvalue weighted by molar-refractivity contribution is 0.0513. The zero-order valence-corrected chi connectivity index (χ0v) is 9.26. The number of nitrogens with zero attached hydrogens (tertiary/aromatic N) is 1. The van der Waals surface area contributed by atoms with Gasteiger partial charge in [0.1, 0.15) is 0 Å². The molecular weight excluding hydrogens is 186 g/mol. The van der Waals surface area contributed by atoms with Crippen LogP contribution in [0.25, 0.3) is 0 Å². The minimum absolute atomic E-state index is 0.290. The van der Waals surface area contributed by atoms with Gasteiger partial charge in [0.2, 0.25) is 0 Å². The summed E-state index contributed by atoms with van der Waals surface area (Å²) >= 11 is 0. The molecule has 2 rings (SSSR count). The van der Waals surface area contributed by atoms with Crippen LogP contribution >= 0.6 is 0 Å². The van der Waals surface area contributed by atoms with Crippen LogP contribution in [-0.4, -0.2) is 35.7 Å². The van der Waals surface area contributed by atoms with Crippen LogP contribution in [0.2, 0.25) is 0 Å². The van der Waals surface area contributed by atoms with Gasteiger partial charge in [0.25, 0.3) is 0 Å². The van der Waals surface area contributed by atoms with E-state index in [1.54, 1.807) is 0 Å². The van der Waals surface area contributed by atoms with E-state index in [9.17, 15) is 5.11 Å². The first-order valence-corrected chi connectivity index (χ1v) is 5.75. The molecule has 2 nitrogen and oxygen atoms in total. The minimum atomic E-state index is 0.290. The highest BCUT2D eigenvalue weighted by Crippen LogP contribution is 2.28. The highest BCUT2D eigenvalue weighted by molar-refractivity contribution is 5.22. The SMILES string of the molecule is CC[C@H](CO)N1CC(c2ccccc2)C1. The van der Waals surface area contributed by atoms with Crippen molar-refractivity contribution in [1.29, 1.82) is 0 Å². The lowest BCUT2D eigenvalue weighted by atomic mass is 9.90. The van der Waals surface area contributed by atoms with Crippen molar-refractivity contribution < 1.29 is 5.11 Å². The number of hydrogen-bond donors (Lipinski definition) is 1. The van der Waals surface area contributed by atoms with Crippen LogP contribution < -0.4 is 0 Å². The molecule has 0 aromatic heterocycles. The molecule has 2 heteroatoms. The quantitative estimate of drug-likeness (QED) is 0.811. The number of rotatable bonds is 4. The molecule has 1 aliphatic rings. The second kappa shape index (κ2) is 4.77. The Morgan fingerprint density at radius 3 is 2.53 bits per heavy atom. The molecule has 0 aliphatic carbocycles. The third-order valence-corrected chi connectivity index (χ3v) is 3.38. The number of aliphatic hydroxyl groups excluding tert-OH is 1. The van der Waals surface area contributed by atoms with Gasteiger partial charge < -0.3 is 5.11 Å². The Kier molecular flexibility index (Phi) is 3.39. The van der Waals surface area contributed by atoms with Crippen LogP contribution in [-0.2, 0) is 0 Å². The third-order valence-electron chi connectivity index (χ3n) is 3.38. The highest BCUT2D eigenvalue weighted by Gasteiger charge is 2.31. The zero-order chi connectivity index (χ0) is 10.7. The van der Waals surface area contributed by atoms with Gasteiger partial charge in [-0.3, -0.25) is 4.90 Å². The second-order valence-electron chi connectivity index (χ2n) is 4.31. The van der Waals surface area contributed by atoms with Crippen LogP contribution in [0.3, 0.4) is 0 Å². The third kappa shape index (κ3) is 2.21. The molecule has 82 valence electrons. The molecule has 1 atom stereocenters. The molecule has 0 radical (unpaired) electrons. The molecule has 1 aliphatic heterocycles. The average molecular weight is 205 g/mol. The van der Waals surface area contributed by atoms with E-state index in [1.807, 2.05) is 0 Å². The van der Waals surface area contributed by atoms with Gasteiger partial charge in [-0.25, -0.2) is 0 Å². The van der Waals surface area contributed by atoms with Crippen molar-refractivity contribution >= 4 is 0 Å².